The highest BCUT2D eigenvalue weighted by atomic mass is 79.9. The molecular weight excluding hydrogens is 283 g/mol. The molecule has 0 radical (unpaired) electrons. The molecular formula is C13H18BrFN2. The quantitative estimate of drug-likeness (QED) is 0.910. The van der Waals surface area contributed by atoms with Gasteiger partial charge in [-0.1, -0.05) is 13.0 Å². The number of rotatable bonds is 2. The molecule has 0 aromatic heterocycles. The summed E-state index contributed by atoms with van der Waals surface area (Å²) >= 11 is 3.17. The van der Waals surface area contributed by atoms with Gasteiger partial charge in [-0.15, -0.1) is 0 Å². The lowest BCUT2D eigenvalue weighted by Gasteiger charge is -2.35. The number of hydrogen-bond acceptors (Lipinski definition) is 2. The summed E-state index contributed by atoms with van der Waals surface area (Å²) < 4.78 is 13.9. The summed E-state index contributed by atoms with van der Waals surface area (Å²) in [4.78, 5) is 2.34. The van der Waals surface area contributed by atoms with E-state index in [9.17, 15) is 4.39 Å². The van der Waals surface area contributed by atoms with E-state index in [1.54, 1.807) is 12.1 Å². The van der Waals surface area contributed by atoms with Gasteiger partial charge in [-0.25, -0.2) is 4.39 Å². The molecule has 0 bridgehead atoms. The number of nitrogens with zero attached hydrogens (tertiary/aromatic N) is 1. The molecule has 1 fully saturated rings. The second kappa shape index (κ2) is 5.46. The van der Waals surface area contributed by atoms with Crippen LogP contribution in [0, 0.1) is 11.7 Å². The van der Waals surface area contributed by atoms with Gasteiger partial charge < -0.3 is 5.73 Å². The Kier molecular flexibility index (Phi) is 4.17. The first-order valence-electron chi connectivity index (χ1n) is 5.98. The number of likely N-dealkylation sites (tertiary alicyclic amines) is 1. The van der Waals surface area contributed by atoms with Crippen LogP contribution in [-0.4, -0.2) is 24.0 Å². The minimum atomic E-state index is -0.191. The molecule has 0 amide bonds. The molecule has 94 valence electrons. The second-order valence-electron chi connectivity index (χ2n) is 4.91. The molecule has 2 nitrogen and oxygen atoms in total. The molecule has 17 heavy (non-hydrogen) atoms. The highest BCUT2D eigenvalue weighted by Gasteiger charge is 2.22. The number of halogens is 2. The minimum Gasteiger partial charge on any atom is -0.327 e. The average Bonchev–Trinajstić information content (AvgIpc) is 2.29. The fourth-order valence-electron chi connectivity index (χ4n) is 2.29. The van der Waals surface area contributed by atoms with Gasteiger partial charge in [0.05, 0.1) is 4.47 Å². The van der Waals surface area contributed by atoms with Crippen molar-refractivity contribution in [3.8, 4) is 0 Å². The molecule has 1 aliphatic heterocycles. The molecule has 1 aromatic rings. The molecule has 1 aromatic carbocycles. The number of nitrogens with two attached hydrogens (primary N) is 1. The lowest BCUT2D eigenvalue weighted by atomic mass is 9.94. The summed E-state index contributed by atoms with van der Waals surface area (Å²) in [6, 6.07) is 5.65. The Bertz CT molecular complexity index is 397. The topological polar surface area (TPSA) is 29.3 Å². The molecule has 1 saturated heterocycles. The van der Waals surface area contributed by atoms with E-state index >= 15 is 0 Å². The van der Waals surface area contributed by atoms with Crippen LogP contribution in [0.5, 0.6) is 0 Å². The summed E-state index contributed by atoms with van der Waals surface area (Å²) in [6.45, 7) is 4.99. The van der Waals surface area contributed by atoms with E-state index < -0.39 is 0 Å². The summed E-state index contributed by atoms with van der Waals surface area (Å²) in [5.41, 5.74) is 7.01. The summed E-state index contributed by atoms with van der Waals surface area (Å²) in [7, 11) is 0. The van der Waals surface area contributed by atoms with Crippen molar-refractivity contribution in [2.45, 2.75) is 25.9 Å². The van der Waals surface area contributed by atoms with Gasteiger partial charge in [0.1, 0.15) is 5.82 Å². The maximum absolute atomic E-state index is 13.4. The zero-order valence-electron chi connectivity index (χ0n) is 10.00. The first-order chi connectivity index (χ1) is 8.06. The largest absolute Gasteiger partial charge is 0.327 e. The number of benzene rings is 1. The molecule has 0 spiro atoms. The number of hydrogen-bond donors (Lipinski definition) is 1. The minimum absolute atomic E-state index is 0.191. The Labute approximate surface area is 110 Å². The van der Waals surface area contributed by atoms with E-state index in [4.69, 9.17) is 5.73 Å². The molecule has 0 saturated carbocycles. The van der Waals surface area contributed by atoms with Crippen LogP contribution in [0.25, 0.3) is 0 Å². The van der Waals surface area contributed by atoms with Crippen LogP contribution in [0.2, 0.25) is 0 Å². The first kappa shape index (κ1) is 13.0. The van der Waals surface area contributed by atoms with Crippen LogP contribution in [0.15, 0.2) is 22.7 Å². The van der Waals surface area contributed by atoms with Crippen molar-refractivity contribution >= 4 is 15.9 Å². The Hall–Kier alpha value is -0.450. The van der Waals surface area contributed by atoms with E-state index in [1.807, 2.05) is 6.07 Å². The molecule has 1 heterocycles. The monoisotopic (exact) mass is 300 g/mol. The summed E-state index contributed by atoms with van der Waals surface area (Å²) in [6.07, 6.45) is 1.03. The van der Waals surface area contributed by atoms with Crippen LogP contribution >= 0.6 is 15.9 Å². The fraction of sp³-hybridized carbons (Fsp3) is 0.538. The van der Waals surface area contributed by atoms with Crippen LogP contribution in [-0.2, 0) is 6.54 Å². The molecule has 4 heteroatoms. The second-order valence-corrected chi connectivity index (χ2v) is 5.77. The van der Waals surface area contributed by atoms with Crippen LogP contribution in [0.4, 0.5) is 4.39 Å². The van der Waals surface area contributed by atoms with Crippen molar-refractivity contribution in [1.82, 2.24) is 4.90 Å². The van der Waals surface area contributed by atoms with E-state index in [0.29, 0.717) is 16.4 Å². The predicted octanol–water partition coefficient (Wildman–Crippen LogP) is 2.76. The lowest BCUT2D eigenvalue weighted by Crippen LogP contribution is -2.45. The fourth-order valence-corrected chi connectivity index (χ4v) is 2.54. The molecule has 2 N–H and O–H groups in total. The van der Waals surface area contributed by atoms with E-state index in [1.165, 1.54) is 0 Å². The van der Waals surface area contributed by atoms with Crippen LogP contribution in [0.3, 0.4) is 0 Å². The molecule has 1 aliphatic rings. The average molecular weight is 301 g/mol. The molecule has 0 aliphatic carbocycles. The SMILES string of the molecule is CC1CN(Cc2ccc(Br)c(F)c2)CCC1N. The Balaban J connectivity index is 1.99. The van der Waals surface area contributed by atoms with E-state index in [-0.39, 0.29) is 5.82 Å². The Morgan fingerprint density at radius 2 is 2.29 bits per heavy atom. The molecule has 2 unspecified atom stereocenters. The van der Waals surface area contributed by atoms with Gasteiger partial charge in [0, 0.05) is 19.1 Å². The summed E-state index contributed by atoms with van der Waals surface area (Å²) in [5, 5.41) is 0. The van der Waals surface area contributed by atoms with Crippen LogP contribution < -0.4 is 5.73 Å². The van der Waals surface area contributed by atoms with Gasteiger partial charge in [-0.3, -0.25) is 4.90 Å². The Morgan fingerprint density at radius 3 is 2.94 bits per heavy atom. The maximum Gasteiger partial charge on any atom is 0.137 e. The number of piperidine rings is 1. The molecule has 2 atom stereocenters. The van der Waals surface area contributed by atoms with Gasteiger partial charge in [-0.05, 0) is 52.5 Å². The zero-order valence-corrected chi connectivity index (χ0v) is 11.6. The highest BCUT2D eigenvalue weighted by molar-refractivity contribution is 9.10. The standard InChI is InChI=1S/C13H18BrFN2/c1-9-7-17(5-4-13(9)16)8-10-2-3-11(14)12(15)6-10/h2-3,6,9,13H,4-5,7-8,16H2,1H3. The van der Waals surface area contributed by atoms with Crippen molar-refractivity contribution in [2.24, 2.45) is 11.7 Å². The van der Waals surface area contributed by atoms with Crippen molar-refractivity contribution in [2.75, 3.05) is 13.1 Å². The lowest BCUT2D eigenvalue weighted by molar-refractivity contribution is 0.157. The summed E-state index contributed by atoms with van der Waals surface area (Å²) in [5.74, 6) is 0.327. The van der Waals surface area contributed by atoms with Crippen molar-refractivity contribution in [3.05, 3.63) is 34.1 Å². The Morgan fingerprint density at radius 1 is 1.53 bits per heavy atom. The third-order valence-corrected chi connectivity index (χ3v) is 4.09. The van der Waals surface area contributed by atoms with Gasteiger partial charge >= 0.3 is 0 Å². The van der Waals surface area contributed by atoms with Gasteiger partial charge in [-0.2, -0.15) is 0 Å². The van der Waals surface area contributed by atoms with Crippen molar-refractivity contribution in [3.63, 3.8) is 0 Å². The van der Waals surface area contributed by atoms with E-state index in [0.717, 1.165) is 31.6 Å². The zero-order chi connectivity index (χ0) is 12.4. The predicted molar refractivity (Wildman–Crippen MR) is 71.1 cm³/mol. The van der Waals surface area contributed by atoms with E-state index in [2.05, 4.69) is 27.8 Å². The molecule has 2 rings (SSSR count). The first-order valence-corrected chi connectivity index (χ1v) is 6.77. The van der Waals surface area contributed by atoms with Gasteiger partial charge in [0.25, 0.3) is 0 Å². The van der Waals surface area contributed by atoms with Crippen molar-refractivity contribution < 1.29 is 4.39 Å². The van der Waals surface area contributed by atoms with Gasteiger partial charge in [0.15, 0.2) is 0 Å². The van der Waals surface area contributed by atoms with Gasteiger partial charge in [0.2, 0.25) is 0 Å². The maximum atomic E-state index is 13.4. The van der Waals surface area contributed by atoms with Crippen LogP contribution in [0.1, 0.15) is 18.9 Å². The third kappa shape index (κ3) is 3.27. The normalized spacial score (nSPS) is 26.1. The third-order valence-electron chi connectivity index (χ3n) is 3.45. The highest BCUT2D eigenvalue weighted by Crippen LogP contribution is 2.20. The van der Waals surface area contributed by atoms with Crippen molar-refractivity contribution in [1.29, 1.82) is 0 Å². The smallest absolute Gasteiger partial charge is 0.137 e.